The van der Waals surface area contributed by atoms with Crippen LogP contribution in [0.2, 0.25) is 0 Å². The van der Waals surface area contributed by atoms with Crippen molar-refractivity contribution in [1.29, 1.82) is 0 Å². The second-order valence-electron chi connectivity index (χ2n) is 6.50. The van der Waals surface area contributed by atoms with E-state index in [9.17, 15) is 4.79 Å². The summed E-state index contributed by atoms with van der Waals surface area (Å²) in [6.45, 7) is 1.29. The van der Waals surface area contributed by atoms with E-state index in [0.29, 0.717) is 11.7 Å². The van der Waals surface area contributed by atoms with E-state index in [2.05, 4.69) is 20.8 Å². The van der Waals surface area contributed by atoms with E-state index in [1.54, 1.807) is 4.68 Å². The minimum absolute atomic E-state index is 0.0747. The molecular formula is C20H21N5O2S. The maximum absolute atomic E-state index is 13.0. The molecule has 0 aliphatic carbocycles. The molecule has 1 aliphatic heterocycles. The SMILES string of the molecule is O=C(NC[C@H]1CCCO1)[C@@H](Sc1nnnn1-c1ccccc1)c1ccccc1. The highest BCUT2D eigenvalue weighted by atomic mass is 32.2. The van der Waals surface area contributed by atoms with Crippen LogP contribution in [0.1, 0.15) is 23.7 Å². The summed E-state index contributed by atoms with van der Waals surface area (Å²) in [6, 6.07) is 19.3. The second kappa shape index (κ2) is 8.99. The standard InChI is InChI=1S/C20H21N5O2S/c26-19(21-14-17-12-7-13-27-17)18(15-8-3-1-4-9-15)28-20-22-23-24-25(20)16-10-5-2-6-11-16/h1-6,8-11,17-18H,7,12-14H2,(H,21,26)/t17-,18+/m1/s1. The number of carbonyl (C=O) groups is 1. The summed E-state index contributed by atoms with van der Waals surface area (Å²) < 4.78 is 7.26. The first kappa shape index (κ1) is 18.6. The van der Waals surface area contributed by atoms with Crippen LogP contribution in [-0.4, -0.2) is 45.4 Å². The maximum Gasteiger partial charge on any atom is 0.238 e. The summed E-state index contributed by atoms with van der Waals surface area (Å²) in [5, 5.41) is 15.2. The van der Waals surface area contributed by atoms with Crippen LogP contribution in [0.5, 0.6) is 0 Å². The fraction of sp³-hybridized carbons (Fsp3) is 0.300. The van der Waals surface area contributed by atoms with E-state index in [-0.39, 0.29) is 12.0 Å². The molecular weight excluding hydrogens is 374 g/mol. The zero-order valence-electron chi connectivity index (χ0n) is 15.3. The van der Waals surface area contributed by atoms with Crippen LogP contribution in [0.4, 0.5) is 0 Å². The first-order valence-corrected chi connectivity index (χ1v) is 10.1. The summed E-state index contributed by atoms with van der Waals surface area (Å²) in [5.41, 5.74) is 1.75. The normalized spacial score (nSPS) is 17.4. The first-order chi connectivity index (χ1) is 13.8. The average Bonchev–Trinajstić information content (AvgIpc) is 3.43. The molecule has 2 aromatic carbocycles. The molecule has 0 saturated carbocycles. The van der Waals surface area contributed by atoms with Crippen molar-refractivity contribution in [1.82, 2.24) is 25.5 Å². The first-order valence-electron chi connectivity index (χ1n) is 9.26. The molecule has 0 spiro atoms. The Balaban J connectivity index is 1.55. The van der Waals surface area contributed by atoms with Gasteiger partial charge in [-0.2, -0.15) is 4.68 Å². The Hall–Kier alpha value is -2.71. The third kappa shape index (κ3) is 4.40. The third-order valence-corrected chi connectivity index (χ3v) is 5.72. The van der Waals surface area contributed by atoms with Gasteiger partial charge in [-0.05, 0) is 41.0 Å². The van der Waals surface area contributed by atoms with Crippen molar-refractivity contribution in [2.24, 2.45) is 0 Å². The van der Waals surface area contributed by atoms with Gasteiger partial charge in [-0.1, -0.05) is 60.3 Å². The Morgan fingerprint density at radius 3 is 2.64 bits per heavy atom. The highest BCUT2D eigenvalue weighted by molar-refractivity contribution is 8.00. The number of rotatable bonds is 7. The average molecular weight is 395 g/mol. The summed E-state index contributed by atoms with van der Waals surface area (Å²) in [7, 11) is 0. The van der Waals surface area contributed by atoms with Gasteiger partial charge in [-0.3, -0.25) is 4.79 Å². The topological polar surface area (TPSA) is 81.9 Å². The van der Waals surface area contributed by atoms with Crippen molar-refractivity contribution in [3.63, 3.8) is 0 Å². The van der Waals surface area contributed by atoms with Crippen LogP contribution < -0.4 is 5.32 Å². The molecule has 1 fully saturated rings. The number of amides is 1. The minimum Gasteiger partial charge on any atom is -0.376 e. The number of thioether (sulfide) groups is 1. The highest BCUT2D eigenvalue weighted by Gasteiger charge is 2.26. The lowest BCUT2D eigenvalue weighted by atomic mass is 10.1. The van der Waals surface area contributed by atoms with Gasteiger partial charge in [0, 0.05) is 13.2 Å². The number of ether oxygens (including phenoxy) is 1. The van der Waals surface area contributed by atoms with Crippen molar-refractivity contribution in [3.05, 3.63) is 66.2 Å². The van der Waals surface area contributed by atoms with Crippen LogP contribution in [0.3, 0.4) is 0 Å². The van der Waals surface area contributed by atoms with Crippen LogP contribution in [0.25, 0.3) is 5.69 Å². The number of nitrogens with zero attached hydrogens (tertiary/aromatic N) is 4. The van der Waals surface area contributed by atoms with Crippen LogP contribution in [-0.2, 0) is 9.53 Å². The highest BCUT2D eigenvalue weighted by Crippen LogP contribution is 2.34. The summed E-state index contributed by atoms with van der Waals surface area (Å²) in [6.07, 6.45) is 2.12. The zero-order valence-corrected chi connectivity index (χ0v) is 16.1. The number of aromatic nitrogens is 4. The number of carbonyl (C=O) groups excluding carboxylic acids is 1. The molecule has 1 aliphatic rings. The van der Waals surface area contributed by atoms with Gasteiger partial charge in [0.1, 0.15) is 5.25 Å². The van der Waals surface area contributed by atoms with Gasteiger partial charge in [0.2, 0.25) is 11.1 Å². The van der Waals surface area contributed by atoms with Gasteiger partial charge >= 0.3 is 0 Å². The van der Waals surface area contributed by atoms with Crippen LogP contribution in [0, 0.1) is 0 Å². The monoisotopic (exact) mass is 395 g/mol. The molecule has 0 unspecified atom stereocenters. The molecule has 2 heterocycles. The van der Waals surface area contributed by atoms with Gasteiger partial charge in [0.15, 0.2) is 0 Å². The predicted octanol–water partition coefficient (Wildman–Crippen LogP) is 2.79. The number of tetrazole rings is 1. The summed E-state index contributed by atoms with van der Waals surface area (Å²) in [5.74, 6) is -0.0747. The van der Waals surface area contributed by atoms with E-state index >= 15 is 0 Å². The van der Waals surface area contributed by atoms with E-state index < -0.39 is 5.25 Å². The molecule has 144 valence electrons. The van der Waals surface area contributed by atoms with Crippen molar-refractivity contribution >= 4 is 17.7 Å². The number of nitrogens with one attached hydrogen (secondary N) is 1. The van der Waals surface area contributed by atoms with Crippen molar-refractivity contribution in [3.8, 4) is 5.69 Å². The Morgan fingerprint density at radius 2 is 1.93 bits per heavy atom. The molecule has 0 radical (unpaired) electrons. The van der Waals surface area contributed by atoms with Gasteiger partial charge in [0.05, 0.1) is 11.8 Å². The number of hydrogen-bond acceptors (Lipinski definition) is 6. The van der Waals surface area contributed by atoms with Crippen molar-refractivity contribution in [2.45, 2.75) is 29.4 Å². The molecule has 2 atom stereocenters. The molecule has 4 rings (SSSR count). The van der Waals surface area contributed by atoms with E-state index in [1.165, 1.54) is 11.8 Å². The molecule has 1 amide bonds. The number of benzene rings is 2. The second-order valence-corrected chi connectivity index (χ2v) is 7.57. The predicted molar refractivity (Wildman–Crippen MR) is 106 cm³/mol. The number of para-hydroxylation sites is 1. The number of hydrogen-bond donors (Lipinski definition) is 1. The van der Waals surface area contributed by atoms with Gasteiger partial charge in [0.25, 0.3) is 0 Å². The third-order valence-electron chi connectivity index (χ3n) is 4.53. The van der Waals surface area contributed by atoms with Crippen molar-refractivity contribution in [2.75, 3.05) is 13.2 Å². The fourth-order valence-corrected chi connectivity index (χ4v) is 4.12. The lowest BCUT2D eigenvalue weighted by molar-refractivity contribution is -0.121. The maximum atomic E-state index is 13.0. The van der Waals surface area contributed by atoms with Crippen LogP contribution in [0.15, 0.2) is 65.8 Å². The Kier molecular flexibility index (Phi) is 5.98. The largest absolute Gasteiger partial charge is 0.376 e. The van der Waals surface area contributed by atoms with Crippen molar-refractivity contribution < 1.29 is 9.53 Å². The summed E-state index contributed by atoms with van der Waals surface area (Å²) in [4.78, 5) is 13.0. The van der Waals surface area contributed by atoms with Gasteiger partial charge in [-0.15, -0.1) is 5.10 Å². The Morgan fingerprint density at radius 1 is 1.18 bits per heavy atom. The van der Waals surface area contributed by atoms with Crippen LogP contribution >= 0.6 is 11.8 Å². The van der Waals surface area contributed by atoms with E-state index in [4.69, 9.17) is 4.74 Å². The molecule has 3 aromatic rings. The lowest BCUT2D eigenvalue weighted by Crippen LogP contribution is -2.34. The molecule has 0 bridgehead atoms. The fourth-order valence-electron chi connectivity index (χ4n) is 3.10. The zero-order chi connectivity index (χ0) is 19.2. The van der Waals surface area contributed by atoms with Gasteiger partial charge < -0.3 is 10.1 Å². The summed E-state index contributed by atoms with van der Waals surface area (Å²) >= 11 is 1.33. The lowest BCUT2D eigenvalue weighted by Gasteiger charge is -2.18. The molecule has 28 heavy (non-hydrogen) atoms. The molecule has 1 saturated heterocycles. The molecule has 7 nitrogen and oxygen atoms in total. The Bertz CT molecular complexity index is 897. The molecule has 1 aromatic heterocycles. The Labute approximate surface area is 167 Å². The quantitative estimate of drug-likeness (QED) is 0.620. The minimum atomic E-state index is -0.462. The van der Waals surface area contributed by atoms with E-state index in [1.807, 2.05) is 60.7 Å². The van der Waals surface area contributed by atoms with Gasteiger partial charge in [-0.25, -0.2) is 0 Å². The van der Waals surface area contributed by atoms with E-state index in [0.717, 1.165) is 30.7 Å². The smallest absolute Gasteiger partial charge is 0.238 e. The molecule has 1 N–H and O–H groups in total. The molecule has 8 heteroatoms.